The van der Waals surface area contributed by atoms with E-state index < -0.39 is 0 Å². The minimum Gasteiger partial charge on any atom is -0.336 e. The lowest BCUT2D eigenvalue weighted by atomic mass is 10.1. The van der Waals surface area contributed by atoms with Crippen molar-refractivity contribution in [2.45, 2.75) is 6.04 Å². The fourth-order valence-electron chi connectivity index (χ4n) is 1.68. The Hall–Kier alpha value is -1.68. The zero-order chi connectivity index (χ0) is 10.7. The number of rotatable bonds is 3. The summed E-state index contributed by atoms with van der Waals surface area (Å²) in [5.74, 6) is 0. The maximum Gasteiger partial charge on any atom is 0.0946 e. The molecule has 15 heavy (non-hydrogen) atoms. The van der Waals surface area contributed by atoms with Gasteiger partial charge in [0.2, 0.25) is 0 Å². The molecule has 78 valence electrons. The molecule has 2 heterocycles. The molecular weight excluding hydrogens is 188 g/mol. The van der Waals surface area contributed by atoms with Gasteiger partial charge in [-0.05, 0) is 18.7 Å². The van der Waals surface area contributed by atoms with E-state index in [9.17, 15) is 0 Å². The lowest BCUT2D eigenvalue weighted by Crippen LogP contribution is -2.20. The van der Waals surface area contributed by atoms with Crippen LogP contribution >= 0.6 is 0 Å². The Kier molecular flexibility index (Phi) is 2.78. The predicted molar refractivity (Wildman–Crippen MR) is 58.3 cm³/mol. The third kappa shape index (κ3) is 1.89. The maximum atomic E-state index is 4.12. The lowest BCUT2D eigenvalue weighted by Gasteiger charge is -2.16. The first-order valence-electron chi connectivity index (χ1n) is 4.86. The minimum absolute atomic E-state index is 0.145. The third-order valence-corrected chi connectivity index (χ3v) is 2.46. The number of aromatic nitrogens is 3. The second-order valence-electron chi connectivity index (χ2n) is 3.44. The van der Waals surface area contributed by atoms with E-state index >= 15 is 0 Å². The van der Waals surface area contributed by atoms with Gasteiger partial charge in [-0.1, -0.05) is 6.07 Å². The second kappa shape index (κ2) is 4.23. The van der Waals surface area contributed by atoms with Crippen molar-refractivity contribution in [2.24, 2.45) is 7.05 Å². The molecule has 0 amide bonds. The minimum atomic E-state index is 0.145. The Bertz CT molecular complexity index is 421. The van der Waals surface area contributed by atoms with Gasteiger partial charge >= 0.3 is 0 Å². The van der Waals surface area contributed by atoms with Crippen LogP contribution in [-0.2, 0) is 7.05 Å². The molecule has 0 aromatic carbocycles. The average molecular weight is 202 g/mol. The highest BCUT2D eigenvalue weighted by Gasteiger charge is 2.14. The first-order chi connectivity index (χ1) is 7.33. The number of pyridine rings is 1. The molecule has 2 rings (SSSR count). The fraction of sp³-hybridized carbons (Fsp3) is 0.273. The lowest BCUT2D eigenvalue weighted by molar-refractivity contribution is 0.636. The molecule has 0 fully saturated rings. The summed E-state index contributed by atoms with van der Waals surface area (Å²) in [7, 11) is 3.92. The summed E-state index contributed by atoms with van der Waals surface area (Å²) >= 11 is 0. The van der Waals surface area contributed by atoms with E-state index in [1.54, 1.807) is 12.5 Å². The zero-order valence-corrected chi connectivity index (χ0v) is 8.88. The molecule has 0 spiro atoms. The van der Waals surface area contributed by atoms with Gasteiger partial charge in [-0.3, -0.25) is 4.98 Å². The Balaban J connectivity index is 2.37. The van der Waals surface area contributed by atoms with Crippen LogP contribution in [0.3, 0.4) is 0 Å². The molecule has 1 unspecified atom stereocenters. The molecule has 1 N–H and O–H groups in total. The van der Waals surface area contributed by atoms with Crippen molar-refractivity contribution in [3.63, 3.8) is 0 Å². The highest BCUT2D eigenvalue weighted by Crippen LogP contribution is 2.19. The molecule has 0 aliphatic carbocycles. The van der Waals surface area contributed by atoms with Crippen LogP contribution in [0.4, 0.5) is 0 Å². The molecule has 4 nitrogen and oxygen atoms in total. The third-order valence-electron chi connectivity index (χ3n) is 2.46. The summed E-state index contributed by atoms with van der Waals surface area (Å²) in [6, 6.07) is 4.14. The van der Waals surface area contributed by atoms with Gasteiger partial charge in [0.05, 0.1) is 24.3 Å². The summed E-state index contributed by atoms with van der Waals surface area (Å²) in [5.41, 5.74) is 2.27. The van der Waals surface area contributed by atoms with Gasteiger partial charge in [0.15, 0.2) is 0 Å². The van der Waals surface area contributed by atoms with Crippen molar-refractivity contribution < 1.29 is 0 Å². The van der Waals surface area contributed by atoms with E-state index in [1.165, 1.54) is 0 Å². The summed E-state index contributed by atoms with van der Waals surface area (Å²) in [6.07, 6.45) is 7.32. The Morgan fingerprint density at radius 2 is 2.20 bits per heavy atom. The molecule has 0 saturated carbocycles. The van der Waals surface area contributed by atoms with Crippen molar-refractivity contribution in [2.75, 3.05) is 7.05 Å². The predicted octanol–water partition coefficient (Wildman–Crippen LogP) is 1.12. The SMILES string of the molecule is CNC(c1cccnc1)c1cncn1C. The Morgan fingerprint density at radius 1 is 1.33 bits per heavy atom. The van der Waals surface area contributed by atoms with Crippen LogP contribution in [0.1, 0.15) is 17.3 Å². The molecule has 1 atom stereocenters. The summed E-state index contributed by atoms with van der Waals surface area (Å²) in [5, 5.41) is 3.26. The van der Waals surface area contributed by atoms with Crippen LogP contribution in [0.5, 0.6) is 0 Å². The van der Waals surface area contributed by atoms with Gasteiger partial charge in [-0.2, -0.15) is 0 Å². The van der Waals surface area contributed by atoms with Crippen LogP contribution in [0.2, 0.25) is 0 Å². The summed E-state index contributed by atoms with van der Waals surface area (Å²) < 4.78 is 2.01. The monoisotopic (exact) mass is 202 g/mol. The maximum absolute atomic E-state index is 4.12. The standard InChI is InChI=1S/C11H14N4/c1-12-11(9-4-3-5-13-6-9)10-7-14-8-15(10)2/h3-8,11-12H,1-2H3. The second-order valence-corrected chi connectivity index (χ2v) is 3.44. The fourth-order valence-corrected chi connectivity index (χ4v) is 1.68. The van der Waals surface area contributed by atoms with Crippen LogP contribution < -0.4 is 5.32 Å². The summed E-state index contributed by atoms with van der Waals surface area (Å²) in [6.45, 7) is 0. The molecular formula is C11H14N4. The van der Waals surface area contributed by atoms with Gasteiger partial charge in [-0.25, -0.2) is 4.98 Å². The van der Waals surface area contributed by atoms with Gasteiger partial charge < -0.3 is 9.88 Å². The van der Waals surface area contributed by atoms with E-state index in [0.29, 0.717) is 0 Å². The van der Waals surface area contributed by atoms with E-state index in [0.717, 1.165) is 11.3 Å². The number of nitrogens with zero attached hydrogens (tertiary/aromatic N) is 3. The Morgan fingerprint density at radius 3 is 2.73 bits per heavy atom. The van der Waals surface area contributed by atoms with Gasteiger partial charge in [0.25, 0.3) is 0 Å². The van der Waals surface area contributed by atoms with E-state index in [1.807, 2.05) is 37.1 Å². The van der Waals surface area contributed by atoms with Crippen LogP contribution in [-0.4, -0.2) is 21.6 Å². The zero-order valence-electron chi connectivity index (χ0n) is 8.88. The topological polar surface area (TPSA) is 42.7 Å². The smallest absolute Gasteiger partial charge is 0.0946 e. The molecule has 2 aromatic heterocycles. The van der Waals surface area contributed by atoms with Crippen molar-refractivity contribution in [3.8, 4) is 0 Å². The highest BCUT2D eigenvalue weighted by atomic mass is 15.1. The molecule has 2 aromatic rings. The van der Waals surface area contributed by atoms with Crippen molar-refractivity contribution in [1.82, 2.24) is 19.9 Å². The number of hydrogen-bond acceptors (Lipinski definition) is 3. The van der Waals surface area contributed by atoms with Crippen LogP contribution in [0.25, 0.3) is 0 Å². The normalized spacial score (nSPS) is 12.7. The van der Waals surface area contributed by atoms with Crippen molar-refractivity contribution in [3.05, 3.63) is 48.3 Å². The molecule has 0 aliphatic heterocycles. The number of aryl methyl sites for hydroxylation is 1. The first-order valence-corrected chi connectivity index (χ1v) is 4.86. The van der Waals surface area contributed by atoms with Gasteiger partial charge in [-0.15, -0.1) is 0 Å². The molecule has 4 heteroatoms. The van der Waals surface area contributed by atoms with Crippen LogP contribution in [0, 0.1) is 0 Å². The number of hydrogen-bond donors (Lipinski definition) is 1. The number of nitrogens with one attached hydrogen (secondary N) is 1. The van der Waals surface area contributed by atoms with E-state index in [4.69, 9.17) is 0 Å². The molecule has 0 aliphatic rings. The first kappa shape index (κ1) is 9.86. The largest absolute Gasteiger partial charge is 0.336 e. The highest BCUT2D eigenvalue weighted by molar-refractivity contribution is 5.24. The van der Waals surface area contributed by atoms with E-state index in [-0.39, 0.29) is 6.04 Å². The van der Waals surface area contributed by atoms with Crippen LogP contribution in [0.15, 0.2) is 37.1 Å². The summed E-state index contributed by atoms with van der Waals surface area (Å²) in [4.78, 5) is 8.24. The van der Waals surface area contributed by atoms with Crippen molar-refractivity contribution in [1.29, 1.82) is 0 Å². The van der Waals surface area contributed by atoms with Gasteiger partial charge in [0.1, 0.15) is 0 Å². The Labute approximate surface area is 89.0 Å². The number of imidazole rings is 1. The quantitative estimate of drug-likeness (QED) is 0.811. The van der Waals surface area contributed by atoms with Crippen molar-refractivity contribution >= 4 is 0 Å². The molecule has 0 bridgehead atoms. The van der Waals surface area contributed by atoms with Gasteiger partial charge in [0, 0.05) is 19.4 Å². The molecule has 0 radical (unpaired) electrons. The molecule has 0 saturated heterocycles. The average Bonchev–Trinajstić information content (AvgIpc) is 2.68. The van der Waals surface area contributed by atoms with E-state index in [2.05, 4.69) is 21.4 Å².